The van der Waals surface area contributed by atoms with E-state index in [-0.39, 0.29) is 12.1 Å². The number of anilines is 2. The Morgan fingerprint density at radius 3 is 2.80 bits per heavy atom. The fourth-order valence-electron chi connectivity index (χ4n) is 2.30. The van der Waals surface area contributed by atoms with Crippen molar-refractivity contribution in [3.05, 3.63) is 11.9 Å². The molecule has 110 valence electrons. The molecule has 1 fully saturated rings. The van der Waals surface area contributed by atoms with Crippen LogP contribution in [0.25, 0.3) is 0 Å². The molecule has 2 heterocycles. The van der Waals surface area contributed by atoms with Crippen LogP contribution in [0.2, 0.25) is 0 Å². The molecule has 0 aromatic carbocycles. The van der Waals surface area contributed by atoms with Crippen LogP contribution in [-0.4, -0.2) is 46.7 Å². The summed E-state index contributed by atoms with van der Waals surface area (Å²) in [5, 5.41) is 3.34. The quantitative estimate of drug-likeness (QED) is 0.868. The van der Waals surface area contributed by atoms with Crippen molar-refractivity contribution in [3.8, 4) is 0 Å². The summed E-state index contributed by atoms with van der Waals surface area (Å²) in [6, 6.07) is 2.01. The van der Waals surface area contributed by atoms with E-state index < -0.39 is 0 Å². The van der Waals surface area contributed by atoms with E-state index in [4.69, 9.17) is 10.5 Å². The molecule has 0 spiro atoms. The van der Waals surface area contributed by atoms with E-state index in [9.17, 15) is 4.79 Å². The van der Waals surface area contributed by atoms with Gasteiger partial charge in [0.2, 0.25) is 0 Å². The van der Waals surface area contributed by atoms with E-state index >= 15 is 0 Å². The second-order valence-corrected chi connectivity index (χ2v) is 4.83. The van der Waals surface area contributed by atoms with E-state index in [1.165, 1.54) is 0 Å². The Balaban J connectivity index is 1.86. The molecule has 1 aromatic heterocycles. The number of ether oxygens (including phenoxy) is 1. The highest BCUT2D eigenvalue weighted by Crippen LogP contribution is 2.17. The first-order chi connectivity index (χ1) is 9.58. The van der Waals surface area contributed by atoms with Gasteiger partial charge < -0.3 is 20.7 Å². The van der Waals surface area contributed by atoms with Crippen molar-refractivity contribution in [1.29, 1.82) is 0 Å². The summed E-state index contributed by atoms with van der Waals surface area (Å²) >= 11 is 0. The molecule has 1 saturated heterocycles. The van der Waals surface area contributed by atoms with Gasteiger partial charge in [0.25, 0.3) is 0 Å². The minimum Gasteiger partial charge on any atom is -0.450 e. The molecular weight excluding hydrogens is 258 g/mol. The summed E-state index contributed by atoms with van der Waals surface area (Å²) in [5.74, 6) is 1.85. The molecule has 1 amide bonds. The smallest absolute Gasteiger partial charge is 0.409 e. The standard InChI is InChI=1S/C13H21N5O2/c1-3-20-13(19)18-6-4-10(5-7-18)17-12-8-11(14)15-9(2)16-12/h8,10H,3-7H2,1-2H3,(H3,14,15,16,17). The Morgan fingerprint density at radius 2 is 2.20 bits per heavy atom. The molecule has 7 heteroatoms. The van der Waals surface area contributed by atoms with Crippen molar-refractivity contribution in [1.82, 2.24) is 14.9 Å². The number of nitrogens with zero attached hydrogens (tertiary/aromatic N) is 3. The third kappa shape index (κ3) is 3.72. The van der Waals surface area contributed by atoms with E-state index in [1.807, 2.05) is 13.8 Å². The number of piperidine rings is 1. The first-order valence-electron chi connectivity index (χ1n) is 6.88. The molecule has 1 aromatic rings. The number of hydrogen-bond donors (Lipinski definition) is 2. The van der Waals surface area contributed by atoms with Crippen molar-refractivity contribution >= 4 is 17.7 Å². The van der Waals surface area contributed by atoms with E-state index in [0.29, 0.717) is 31.3 Å². The average Bonchev–Trinajstić information content (AvgIpc) is 2.38. The fourth-order valence-corrected chi connectivity index (χ4v) is 2.30. The molecule has 3 N–H and O–H groups in total. The number of rotatable bonds is 3. The number of hydrogen-bond acceptors (Lipinski definition) is 6. The third-order valence-electron chi connectivity index (χ3n) is 3.23. The van der Waals surface area contributed by atoms with Gasteiger partial charge in [0, 0.05) is 25.2 Å². The van der Waals surface area contributed by atoms with Gasteiger partial charge in [-0.25, -0.2) is 14.8 Å². The maximum atomic E-state index is 11.6. The van der Waals surface area contributed by atoms with Crippen molar-refractivity contribution in [2.45, 2.75) is 32.7 Å². The average molecular weight is 279 g/mol. The first kappa shape index (κ1) is 14.4. The molecule has 1 aliphatic rings. The number of nitrogen functional groups attached to an aromatic ring is 1. The Labute approximate surface area is 118 Å². The van der Waals surface area contributed by atoms with Crippen LogP contribution >= 0.6 is 0 Å². The Bertz CT molecular complexity index is 452. The highest BCUT2D eigenvalue weighted by molar-refractivity contribution is 5.67. The molecule has 0 saturated carbocycles. The number of likely N-dealkylation sites (tertiary alicyclic amines) is 1. The summed E-state index contributed by atoms with van der Waals surface area (Å²) in [6.45, 7) is 5.42. The van der Waals surface area contributed by atoms with Crippen LogP contribution < -0.4 is 11.1 Å². The van der Waals surface area contributed by atoms with Gasteiger partial charge in [0.1, 0.15) is 17.5 Å². The molecule has 2 rings (SSSR count). The lowest BCUT2D eigenvalue weighted by Crippen LogP contribution is -2.42. The van der Waals surface area contributed by atoms with Gasteiger partial charge in [0.15, 0.2) is 0 Å². The zero-order chi connectivity index (χ0) is 14.5. The highest BCUT2D eigenvalue weighted by atomic mass is 16.6. The largest absolute Gasteiger partial charge is 0.450 e. The van der Waals surface area contributed by atoms with Crippen molar-refractivity contribution in [2.24, 2.45) is 0 Å². The topological polar surface area (TPSA) is 93.4 Å². The molecule has 1 aliphatic heterocycles. The van der Waals surface area contributed by atoms with E-state index in [0.717, 1.165) is 18.7 Å². The van der Waals surface area contributed by atoms with Gasteiger partial charge in [-0.15, -0.1) is 0 Å². The number of carbonyl (C=O) groups excluding carboxylic acids is 1. The van der Waals surface area contributed by atoms with Crippen molar-refractivity contribution in [2.75, 3.05) is 30.7 Å². The van der Waals surface area contributed by atoms with Crippen LogP contribution in [0, 0.1) is 6.92 Å². The predicted octanol–water partition coefficient (Wildman–Crippen LogP) is 1.40. The van der Waals surface area contributed by atoms with Crippen molar-refractivity contribution < 1.29 is 9.53 Å². The second kappa shape index (κ2) is 6.40. The number of carbonyl (C=O) groups is 1. The van der Waals surface area contributed by atoms with Crippen LogP contribution in [0.15, 0.2) is 6.07 Å². The summed E-state index contributed by atoms with van der Waals surface area (Å²) in [4.78, 5) is 21.7. The summed E-state index contributed by atoms with van der Waals surface area (Å²) in [6.07, 6.45) is 1.50. The van der Waals surface area contributed by atoms with Gasteiger partial charge >= 0.3 is 6.09 Å². The third-order valence-corrected chi connectivity index (χ3v) is 3.23. The van der Waals surface area contributed by atoms with Crippen LogP contribution in [0.5, 0.6) is 0 Å². The number of aromatic nitrogens is 2. The van der Waals surface area contributed by atoms with Gasteiger partial charge in [-0.3, -0.25) is 0 Å². The van der Waals surface area contributed by atoms with E-state index in [2.05, 4.69) is 15.3 Å². The number of nitrogens with one attached hydrogen (secondary N) is 1. The van der Waals surface area contributed by atoms with Gasteiger partial charge in [-0.05, 0) is 26.7 Å². The van der Waals surface area contributed by atoms with Gasteiger partial charge in [0.05, 0.1) is 6.61 Å². The Hall–Kier alpha value is -2.05. The first-order valence-corrected chi connectivity index (χ1v) is 6.88. The van der Waals surface area contributed by atoms with Crippen molar-refractivity contribution in [3.63, 3.8) is 0 Å². The lowest BCUT2D eigenvalue weighted by Gasteiger charge is -2.31. The summed E-state index contributed by atoms with van der Waals surface area (Å²) in [5.41, 5.74) is 5.70. The van der Waals surface area contributed by atoms with Crippen LogP contribution in [0.1, 0.15) is 25.6 Å². The van der Waals surface area contributed by atoms with E-state index in [1.54, 1.807) is 11.0 Å². The number of aryl methyl sites for hydroxylation is 1. The fraction of sp³-hybridized carbons (Fsp3) is 0.615. The minimum absolute atomic E-state index is 0.229. The minimum atomic E-state index is -0.229. The van der Waals surface area contributed by atoms with Crippen LogP contribution in [0.4, 0.5) is 16.4 Å². The molecule has 7 nitrogen and oxygen atoms in total. The molecule has 20 heavy (non-hydrogen) atoms. The zero-order valence-electron chi connectivity index (χ0n) is 11.9. The SMILES string of the molecule is CCOC(=O)N1CCC(Nc2cc(N)nc(C)n2)CC1. The maximum Gasteiger partial charge on any atom is 0.409 e. The molecule has 0 bridgehead atoms. The predicted molar refractivity (Wildman–Crippen MR) is 76.4 cm³/mol. The highest BCUT2D eigenvalue weighted by Gasteiger charge is 2.23. The number of nitrogens with two attached hydrogens (primary N) is 1. The zero-order valence-corrected chi connectivity index (χ0v) is 11.9. The molecule has 0 unspecified atom stereocenters. The number of amides is 1. The van der Waals surface area contributed by atoms with Gasteiger partial charge in [-0.1, -0.05) is 0 Å². The molecular formula is C13H21N5O2. The molecule has 0 aliphatic carbocycles. The van der Waals surface area contributed by atoms with Crippen LogP contribution in [-0.2, 0) is 4.74 Å². The Morgan fingerprint density at radius 1 is 1.50 bits per heavy atom. The summed E-state index contributed by atoms with van der Waals surface area (Å²) in [7, 11) is 0. The Kier molecular flexibility index (Phi) is 4.60. The lowest BCUT2D eigenvalue weighted by atomic mass is 10.1. The maximum absolute atomic E-state index is 11.6. The lowest BCUT2D eigenvalue weighted by molar-refractivity contribution is 0.0983. The summed E-state index contributed by atoms with van der Waals surface area (Å²) < 4.78 is 5.00. The normalized spacial score (nSPS) is 16.0. The van der Waals surface area contributed by atoms with Crippen LogP contribution in [0.3, 0.4) is 0 Å². The van der Waals surface area contributed by atoms with Gasteiger partial charge in [-0.2, -0.15) is 0 Å². The monoisotopic (exact) mass is 279 g/mol. The molecule has 0 radical (unpaired) electrons. The molecule has 0 atom stereocenters. The second-order valence-electron chi connectivity index (χ2n) is 4.83.